The van der Waals surface area contributed by atoms with Crippen LogP contribution in [0.4, 0.5) is 16.2 Å². The van der Waals surface area contributed by atoms with Crippen LogP contribution in [0.15, 0.2) is 72.8 Å². The van der Waals surface area contributed by atoms with E-state index in [2.05, 4.69) is 22.3 Å². The van der Waals surface area contributed by atoms with Gasteiger partial charge in [0.15, 0.2) is 5.72 Å². The van der Waals surface area contributed by atoms with E-state index in [0.717, 1.165) is 18.7 Å². The molecule has 2 fully saturated rings. The van der Waals surface area contributed by atoms with Crippen LogP contribution in [0.25, 0.3) is 0 Å². The van der Waals surface area contributed by atoms with Crippen LogP contribution in [0.1, 0.15) is 35.3 Å². The maximum Gasteiger partial charge on any atom is 0.325 e. The maximum absolute atomic E-state index is 13.2. The lowest BCUT2D eigenvalue weighted by atomic mass is 9.90. The van der Waals surface area contributed by atoms with Gasteiger partial charge in [-0.25, -0.2) is 4.79 Å². The fourth-order valence-electron chi connectivity index (χ4n) is 5.48. The van der Waals surface area contributed by atoms with E-state index in [1.165, 1.54) is 5.69 Å². The Hall–Kier alpha value is -3.71. The molecule has 0 saturated carbocycles. The van der Waals surface area contributed by atoms with E-state index in [0.29, 0.717) is 41.5 Å². The van der Waals surface area contributed by atoms with Gasteiger partial charge in [0.05, 0.1) is 6.04 Å². The van der Waals surface area contributed by atoms with Crippen molar-refractivity contribution in [1.82, 2.24) is 10.2 Å². The lowest BCUT2D eigenvalue weighted by Crippen LogP contribution is -2.65. The van der Waals surface area contributed by atoms with Crippen LogP contribution < -0.4 is 19.9 Å². The Morgan fingerprint density at radius 1 is 0.972 bits per heavy atom. The number of hydrogen-bond donors (Lipinski definition) is 1. The highest BCUT2D eigenvalue weighted by atomic mass is 35.5. The normalized spacial score (nSPS) is 23.0. The number of carbonyl (C=O) groups is 2. The molecule has 1 N–H and O–H groups in total. The quantitative estimate of drug-likeness (QED) is 0.543. The van der Waals surface area contributed by atoms with Crippen molar-refractivity contribution in [2.75, 3.05) is 36.0 Å². The number of halogens is 1. The Labute approximate surface area is 215 Å². The van der Waals surface area contributed by atoms with E-state index >= 15 is 0 Å². The summed E-state index contributed by atoms with van der Waals surface area (Å²) in [5.41, 5.74) is 2.50. The van der Waals surface area contributed by atoms with Gasteiger partial charge in [0.25, 0.3) is 5.91 Å². The average Bonchev–Trinajstić information content (AvgIpc) is 2.89. The van der Waals surface area contributed by atoms with Crippen LogP contribution >= 0.6 is 11.6 Å². The van der Waals surface area contributed by atoms with Crippen molar-refractivity contribution >= 4 is 34.9 Å². The van der Waals surface area contributed by atoms with Gasteiger partial charge in [0.1, 0.15) is 5.75 Å². The summed E-state index contributed by atoms with van der Waals surface area (Å²) in [5, 5.41) is 3.69. The van der Waals surface area contributed by atoms with Crippen LogP contribution in [0.3, 0.4) is 0 Å². The first kappa shape index (κ1) is 22.7. The first-order valence-electron chi connectivity index (χ1n) is 12.2. The topological polar surface area (TPSA) is 65.1 Å². The van der Waals surface area contributed by atoms with Gasteiger partial charge in [-0.3, -0.25) is 9.69 Å². The second-order valence-electron chi connectivity index (χ2n) is 9.66. The number of amides is 3. The fraction of sp³-hybridized carbons (Fsp3) is 0.286. The maximum atomic E-state index is 13.2. The van der Waals surface area contributed by atoms with Crippen LogP contribution in [0, 0.1) is 0 Å². The number of carbonyl (C=O) groups excluding carboxylic acids is 2. The van der Waals surface area contributed by atoms with Gasteiger partial charge < -0.3 is 19.9 Å². The smallest absolute Gasteiger partial charge is 0.325 e. The van der Waals surface area contributed by atoms with Crippen molar-refractivity contribution in [2.45, 2.75) is 25.1 Å². The number of nitrogens with zero attached hydrogens (tertiary/aromatic N) is 3. The number of hydrogen-bond acceptors (Lipinski definition) is 4. The molecule has 2 saturated heterocycles. The zero-order chi connectivity index (χ0) is 24.9. The minimum absolute atomic E-state index is 0.00311. The number of rotatable bonds is 3. The number of nitrogens with one attached hydrogen (secondary N) is 1. The average molecular weight is 503 g/mol. The van der Waals surface area contributed by atoms with Crippen LogP contribution in [-0.4, -0.2) is 48.7 Å². The number of piperazine rings is 1. The molecule has 0 aliphatic carbocycles. The third-order valence-electron chi connectivity index (χ3n) is 7.29. The highest BCUT2D eigenvalue weighted by molar-refractivity contribution is 6.30. The molecule has 0 radical (unpaired) electrons. The first-order chi connectivity index (χ1) is 17.4. The van der Waals surface area contributed by atoms with E-state index < -0.39 is 5.72 Å². The number of fused-ring (bicyclic) bond motifs is 4. The molecule has 2 atom stereocenters. The van der Waals surface area contributed by atoms with Crippen molar-refractivity contribution < 1.29 is 14.3 Å². The molecule has 2 unspecified atom stereocenters. The Bertz CT molecular complexity index is 1310. The molecule has 36 heavy (non-hydrogen) atoms. The number of anilines is 2. The van der Waals surface area contributed by atoms with Gasteiger partial charge >= 0.3 is 6.03 Å². The zero-order valence-electron chi connectivity index (χ0n) is 20.0. The summed E-state index contributed by atoms with van der Waals surface area (Å²) in [6, 6.07) is 22.6. The van der Waals surface area contributed by atoms with Gasteiger partial charge in [-0.05, 0) is 61.5 Å². The second-order valence-corrected chi connectivity index (χ2v) is 10.1. The summed E-state index contributed by atoms with van der Waals surface area (Å²) in [6.45, 7) is 4.85. The third-order valence-corrected chi connectivity index (χ3v) is 7.53. The van der Waals surface area contributed by atoms with E-state index in [9.17, 15) is 9.59 Å². The molecule has 2 bridgehead atoms. The summed E-state index contributed by atoms with van der Waals surface area (Å²) in [4.78, 5) is 32.1. The minimum Gasteiger partial charge on any atom is -0.467 e. The molecule has 3 aliphatic heterocycles. The van der Waals surface area contributed by atoms with E-state index in [1.807, 2.05) is 54.3 Å². The van der Waals surface area contributed by atoms with Gasteiger partial charge in [-0.15, -0.1) is 0 Å². The highest BCUT2D eigenvalue weighted by Crippen LogP contribution is 2.46. The molecule has 3 aromatic rings. The highest BCUT2D eigenvalue weighted by Gasteiger charge is 2.49. The van der Waals surface area contributed by atoms with E-state index in [4.69, 9.17) is 16.3 Å². The molecule has 7 nitrogen and oxygen atoms in total. The fourth-order valence-corrected chi connectivity index (χ4v) is 5.66. The zero-order valence-corrected chi connectivity index (χ0v) is 20.7. The van der Waals surface area contributed by atoms with Crippen LogP contribution in [0.2, 0.25) is 5.02 Å². The monoisotopic (exact) mass is 502 g/mol. The van der Waals surface area contributed by atoms with E-state index in [1.54, 1.807) is 23.1 Å². The molecular weight excluding hydrogens is 476 g/mol. The second kappa shape index (κ2) is 8.75. The third kappa shape index (κ3) is 3.93. The molecule has 8 heteroatoms. The van der Waals surface area contributed by atoms with E-state index in [-0.39, 0.29) is 18.0 Å². The summed E-state index contributed by atoms with van der Waals surface area (Å²) >= 11 is 6.17. The molecule has 3 heterocycles. The summed E-state index contributed by atoms with van der Waals surface area (Å²) in [5.74, 6) is 0.716. The molecule has 0 aromatic heterocycles. The van der Waals surface area contributed by atoms with Gasteiger partial charge in [-0.2, -0.15) is 0 Å². The van der Waals surface area contributed by atoms with Crippen LogP contribution in [-0.2, 0) is 0 Å². The molecule has 3 aromatic carbocycles. The van der Waals surface area contributed by atoms with Crippen molar-refractivity contribution in [3.8, 4) is 5.75 Å². The first-order valence-corrected chi connectivity index (χ1v) is 12.6. The minimum atomic E-state index is -0.854. The Balaban J connectivity index is 1.17. The van der Waals surface area contributed by atoms with Crippen molar-refractivity contribution in [3.63, 3.8) is 0 Å². The van der Waals surface area contributed by atoms with Gasteiger partial charge in [-0.1, -0.05) is 29.8 Å². The molecule has 3 aliphatic rings. The molecular formula is C28H27ClN4O3. The number of para-hydroxylation sites is 1. The lowest BCUT2D eigenvalue weighted by molar-refractivity contribution is 0.0379. The predicted octanol–water partition coefficient (Wildman–Crippen LogP) is 5.07. The SMILES string of the molecule is CC12CC(NC(=O)N1c1ccc(C(=O)N3CCN(c4ccccc4)CC3)cc1)c1cc(Cl)ccc1O2. The predicted molar refractivity (Wildman–Crippen MR) is 140 cm³/mol. The number of benzene rings is 3. The molecule has 0 spiro atoms. The molecule has 184 valence electrons. The van der Waals surface area contributed by atoms with Crippen molar-refractivity contribution in [3.05, 3.63) is 88.9 Å². The molecule has 3 amide bonds. The van der Waals surface area contributed by atoms with Gasteiger partial charge in [0, 0.05) is 60.1 Å². The largest absolute Gasteiger partial charge is 0.467 e. The summed E-state index contributed by atoms with van der Waals surface area (Å²) < 4.78 is 6.33. The van der Waals surface area contributed by atoms with Crippen LogP contribution in [0.5, 0.6) is 5.75 Å². The molecule has 6 rings (SSSR count). The summed E-state index contributed by atoms with van der Waals surface area (Å²) in [7, 11) is 0. The number of ether oxygens (including phenoxy) is 1. The van der Waals surface area contributed by atoms with Crippen molar-refractivity contribution in [2.24, 2.45) is 0 Å². The standard InChI is InChI=1S/C28H27ClN4O3/c1-28-18-24(23-17-20(29)9-12-25(23)36-28)30-27(35)33(28)22-10-7-19(8-11-22)26(34)32-15-13-31(14-16-32)21-5-3-2-4-6-21/h2-12,17,24H,13-16,18H2,1H3,(H,30,35). The van der Waals surface area contributed by atoms with Crippen molar-refractivity contribution in [1.29, 1.82) is 0 Å². The Morgan fingerprint density at radius 3 is 2.42 bits per heavy atom. The Kier molecular flexibility index (Phi) is 5.52. The lowest BCUT2D eigenvalue weighted by Gasteiger charge is -2.50. The summed E-state index contributed by atoms with van der Waals surface area (Å²) in [6.07, 6.45) is 0.582. The Morgan fingerprint density at radius 2 is 1.69 bits per heavy atom. The number of urea groups is 1. The van der Waals surface area contributed by atoms with Gasteiger partial charge in [0.2, 0.25) is 0 Å².